The first-order valence-electron chi connectivity index (χ1n) is 12.7. The molecule has 202 valence electrons. The Kier molecular flexibility index (Phi) is 7.62. The van der Waals surface area contributed by atoms with Crippen molar-refractivity contribution in [3.05, 3.63) is 106 Å². The fourth-order valence-electron chi connectivity index (χ4n) is 4.88. The van der Waals surface area contributed by atoms with E-state index in [0.717, 1.165) is 5.57 Å². The van der Waals surface area contributed by atoms with Gasteiger partial charge < -0.3 is 10.1 Å². The predicted octanol–water partition coefficient (Wildman–Crippen LogP) is 5.48. The van der Waals surface area contributed by atoms with Gasteiger partial charge in [0.05, 0.1) is 23.1 Å². The van der Waals surface area contributed by atoms with E-state index >= 15 is 0 Å². The number of hydrogen-bond donors (Lipinski definition) is 1. The van der Waals surface area contributed by atoms with Crippen LogP contribution in [0, 0.1) is 11.8 Å². The van der Waals surface area contributed by atoms with E-state index < -0.39 is 18.5 Å². The monoisotopic (exact) mass is 556 g/mol. The van der Waals surface area contributed by atoms with Crippen molar-refractivity contribution in [1.82, 2.24) is 0 Å². The number of ketones is 1. The van der Waals surface area contributed by atoms with E-state index in [1.54, 1.807) is 60.7 Å². The normalized spacial score (nSPS) is 18.1. The van der Waals surface area contributed by atoms with Crippen LogP contribution in [0.25, 0.3) is 0 Å². The summed E-state index contributed by atoms with van der Waals surface area (Å²) >= 11 is 5.82. The molecular formula is C31H25ClN2O6. The van der Waals surface area contributed by atoms with Crippen LogP contribution < -0.4 is 10.2 Å². The number of halogens is 1. The van der Waals surface area contributed by atoms with Crippen LogP contribution in [0.3, 0.4) is 0 Å². The van der Waals surface area contributed by atoms with Crippen molar-refractivity contribution in [3.8, 4) is 0 Å². The molecular weight excluding hydrogens is 532 g/mol. The van der Waals surface area contributed by atoms with E-state index in [9.17, 15) is 24.0 Å². The van der Waals surface area contributed by atoms with Gasteiger partial charge in [-0.15, -0.1) is 0 Å². The lowest BCUT2D eigenvalue weighted by Crippen LogP contribution is -2.30. The molecule has 1 aliphatic carbocycles. The van der Waals surface area contributed by atoms with Crippen molar-refractivity contribution in [2.45, 2.75) is 19.8 Å². The van der Waals surface area contributed by atoms with Gasteiger partial charge in [-0.2, -0.15) is 0 Å². The van der Waals surface area contributed by atoms with Gasteiger partial charge in [0.15, 0.2) is 12.4 Å². The highest BCUT2D eigenvalue weighted by atomic mass is 35.5. The first-order valence-corrected chi connectivity index (χ1v) is 13.1. The Morgan fingerprint density at radius 3 is 2.12 bits per heavy atom. The quantitative estimate of drug-likeness (QED) is 0.179. The number of hydrogen-bond acceptors (Lipinski definition) is 6. The Morgan fingerprint density at radius 1 is 0.850 bits per heavy atom. The molecule has 2 aliphatic rings. The molecule has 1 saturated heterocycles. The molecule has 40 heavy (non-hydrogen) atoms. The molecule has 0 saturated carbocycles. The van der Waals surface area contributed by atoms with E-state index in [2.05, 4.69) is 5.32 Å². The number of allylic oxidation sites excluding steroid dienone is 2. The zero-order valence-corrected chi connectivity index (χ0v) is 22.3. The van der Waals surface area contributed by atoms with Crippen molar-refractivity contribution < 1.29 is 28.7 Å². The smallest absolute Gasteiger partial charge is 0.338 e. The van der Waals surface area contributed by atoms with E-state index in [1.165, 1.54) is 17.0 Å². The Labute approximate surface area is 235 Å². The number of benzene rings is 3. The topological polar surface area (TPSA) is 110 Å². The number of nitrogens with one attached hydrogen (secondary N) is 1. The molecule has 0 spiro atoms. The number of rotatable bonds is 7. The molecule has 5 rings (SSSR count). The Hall–Kier alpha value is -4.56. The zero-order valence-electron chi connectivity index (χ0n) is 21.6. The largest absolute Gasteiger partial charge is 0.454 e. The SMILES string of the molecule is CC1=CC[C@@H]2C(=O)N(c3ccc(C(=O)Nc4ccc(C(=O)OCC(=O)c5ccc(Cl)cc5)cc4)cc3)C(=O)[C@H]2C1. The lowest BCUT2D eigenvalue weighted by Gasteiger charge is -2.18. The minimum absolute atomic E-state index is 0.201. The fourth-order valence-corrected chi connectivity index (χ4v) is 5.01. The molecule has 9 heteroatoms. The summed E-state index contributed by atoms with van der Waals surface area (Å²) in [6.45, 7) is 1.55. The minimum atomic E-state index is -0.674. The van der Waals surface area contributed by atoms with Gasteiger partial charge in [0.1, 0.15) is 0 Å². The zero-order chi connectivity index (χ0) is 28.4. The van der Waals surface area contributed by atoms with Crippen LogP contribution in [-0.4, -0.2) is 36.1 Å². The third-order valence-electron chi connectivity index (χ3n) is 7.09. The Morgan fingerprint density at radius 2 is 1.45 bits per heavy atom. The summed E-state index contributed by atoms with van der Waals surface area (Å²) in [7, 11) is 0. The van der Waals surface area contributed by atoms with Gasteiger partial charge in [-0.25, -0.2) is 4.79 Å². The molecule has 0 unspecified atom stereocenters. The molecule has 1 heterocycles. The first-order chi connectivity index (χ1) is 19.2. The second kappa shape index (κ2) is 11.3. The van der Waals surface area contributed by atoms with Gasteiger partial charge >= 0.3 is 5.97 Å². The number of fused-ring (bicyclic) bond motifs is 1. The average Bonchev–Trinajstić information content (AvgIpc) is 3.20. The standard InChI is InChI=1S/C31H25ClN2O6/c1-18-2-15-25-26(16-18)30(38)34(29(25)37)24-13-7-20(8-14-24)28(36)33-23-11-5-21(6-12-23)31(39)40-17-27(35)19-3-9-22(32)10-4-19/h2-14,25-26H,15-17H2,1H3,(H,33,36)/t25-,26-/m0/s1. The molecule has 1 aliphatic heterocycles. The summed E-state index contributed by atoms with van der Waals surface area (Å²) in [6.07, 6.45) is 3.17. The maximum absolute atomic E-state index is 12.9. The Balaban J connectivity index is 1.16. The number of ether oxygens (including phenoxy) is 1. The minimum Gasteiger partial charge on any atom is -0.454 e. The predicted molar refractivity (Wildman–Crippen MR) is 149 cm³/mol. The lowest BCUT2D eigenvalue weighted by atomic mass is 9.82. The van der Waals surface area contributed by atoms with E-state index in [0.29, 0.717) is 40.4 Å². The lowest BCUT2D eigenvalue weighted by molar-refractivity contribution is -0.122. The van der Waals surface area contributed by atoms with Gasteiger partial charge in [-0.1, -0.05) is 23.3 Å². The molecule has 3 amide bonds. The third kappa shape index (κ3) is 5.58. The van der Waals surface area contributed by atoms with E-state index in [-0.39, 0.29) is 35.0 Å². The van der Waals surface area contributed by atoms with E-state index in [1.807, 2.05) is 13.0 Å². The molecule has 0 aromatic heterocycles. The summed E-state index contributed by atoms with van der Waals surface area (Å²) in [5, 5.41) is 3.24. The summed E-state index contributed by atoms with van der Waals surface area (Å²) in [5.41, 5.74) is 2.94. The van der Waals surface area contributed by atoms with Crippen LogP contribution in [0.4, 0.5) is 11.4 Å². The fraction of sp³-hybridized carbons (Fsp3) is 0.194. The first kappa shape index (κ1) is 27.0. The maximum atomic E-state index is 12.9. The van der Waals surface area contributed by atoms with Crippen molar-refractivity contribution in [3.63, 3.8) is 0 Å². The summed E-state index contributed by atoms with van der Waals surface area (Å²) in [5.74, 6) is -2.50. The molecule has 1 N–H and O–H groups in total. The van der Waals surface area contributed by atoms with Crippen LogP contribution in [0.5, 0.6) is 0 Å². The number of anilines is 2. The Bertz CT molecular complexity index is 1530. The molecule has 0 radical (unpaired) electrons. The highest BCUT2D eigenvalue weighted by molar-refractivity contribution is 6.30. The highest BCUT2D eigenvalue weighted by Gasteiger charge is 2.48. The third-order valence-corrected chi connectivity index (χ3v) is 7.34. The van der Waals surface area contributed by atoms with Gasteiger partial charge in [0.25, 0.3) is 5.91 Å². The molecule has 1 fully saturated rings. The molecule has 2 atom stereocenters. The average molecular weight is 557 g/mol. The number of Topliss-reactive ketones (excluding diaryl/α,β-unsaturated/α-hetero) is 1. The van der Waals surface area contributed by atoms with Crippen LogP contribution in [0.15, 0.2) is 84.4 Å². The summed E-state index contributed by atoms with van der Waals surface area (Å²) in [6, 6.07) is 18.6. The van der Waals surface area contributed by atoms with E-state index in [4.69, 9.17) is 16.3 Å². The van der Waals surface area contributed by atoms with Crippen molar-refractivity contribution in [2.75, 3.05) is 16.8 Å². The van der Waals surface area contributed by atoms with Gasteiger partial charge in [0.2, 0.25) is 11.8 Å². The number of amides is 3. The van der Waals surface area contributed by atoms with Crippen molar-refractivity contribution >= 4 is 52.4 Å². The number of carbonyl (C=O) groups is 5. The number of nitrogens with zero attached hydrogens (tertiary/aromatic N) is 1. The van der Waals surface area contributed by atoms with Crippen LogP contribution in [0.1, 0.15) is 50.8 Å². The maximum Gasteiger partial charge on any atom is 0.338 e. The summed E-state index contributed by atoms with van der Waals surface area (Å²) in [4.78, 5) is 64.3. The van der Waals surface area contributed by atoms with Gasteiger partial charge in [-0.05, 0) is 92.6 Å². The molecule has 0 bridgehead atoms. The second-order valence-corrected chi connectivity index (χ2v) is 10.2. The summed E-state index contributed by atoms with van der Waals surface area (Å²) < 4.78 is 5.11. The van der Waals surface area contributed by atoms with Gasteiger partial charge in [-0.3, -0.25) is 24.1 Å². The number of imide groups is 1. The van der Waals surface area contributed by atoms with Crippen molar-refractivity contribution in [1.29, 1.82) is 0 Å². The van der Waals surface area contributed by atoms with Crippen LogP contribution >= 0.6 is 11.6 Å². The van der Waals surface area contributed by atoms with Crippen LogP contribution in [0.2, 0.25) is 5.02 Å². The number of carbonyl (C=O) groups excluding carboxylic acids is 5. The second-order valence-electron chi connectivity index (χ2n) is 9.80. The number of esters is 1. The molecule has 3 aromatic rings. The highest BCUT2D eigenvalue weighted by Crippen LogP contribution is 2.39. The molecule has 3 aromatic carbocycles. The van der Waals surface area contributed by atoms with Crippen molar-refractivity contribution in [2.24, 2.45) is 11.8 Å². The van der Waals surface area contributed by atoms with Gasteiger partial charge in [0, 0.05) is 21.8 Å². The molecule has 8 nitrogen and oxygen atoms in total. The van der Waals surface area contributed by atoms with Crippen LogP contribution in [-0.2, 0) is 14.3 Å².